The molecule has 0 aliphatic heterocycles. The summed E-state index contributed by atoms with van der Waals surface area (Å²) in [6.45, 7) is 1.77. The smallest absolute Gasteiger partial charge is 0.305 e. The molecule has 2 heterocycles. The minimum Gasteiger partial charge on any atom is -0.451 e. The van der Waals surface area contributed by atoms with Gasteiger partial charge in [0.2, 0.25) is 0 Å². The van der Waals surface area contributed by atoms with E-state index in [4.69, 9.17) is 4.42 Å². The summed E-state index contributed by atoms with van der Waals surface area (Å²) in [5.41, 5.74) is 7.96. The van der Waals surface area contributed by atoms with E-state index in [0.29, 0.717) is 21.9 Å². The van der Waals surface area contributed by atoms with Gasteiger partial charge in [0.1, 0.15) is 15.5 Å². The van der Waals surface area contributed by atoms with Crippen molar-refractivity contribution in [1.82, 2.24) is 15.8 Å². The number of aromatic nitrogens is 1. The van der Waals surface area contributed by atoms with Crippen LogP contribution in [-0.2, 0) is 5.75 Å². The fourth-order valence-electron chi connectivity index (χ4n) is 3.11. The van der Waals surface area contributed by atoms with Crippen molar-refractivity contribution in [2.75, 3.05) is 6.26 Å². The third kappa shape index (κ3) is 3.96. The van der Waals surface area contributed by atoms with Crippen LogP contribution in [0.25, 0.3) is 21.5 Å². The summed E-state index contributed by atoms with van der Waals surface area (Å²) in [4.78, 5) is 30.3. The van der Waals surface area contributed by atoms with Crippen LogP contribution in [0.2, 0.25) is 0 Å². The number of nitrogens with one attached hydrogen (secondary N) is 2. The van der Waals surface area contributed by atoms with Crippen LogP contribution in [0.15, 0.2) is 59.0 Å². The second-order valence-corrected chi connectivity index (χ2v) is 8.41. The highest BCUT2D eigenvalue weighted by molar-refractivity contribution is 7.97. The second-order valence-electron chi connectivity index (χ2n) is 6.55. The van der Waals surface area contributed by atoms with E-state index in [1.165, 1.54) is 11.3 Å². The molecule has 2 aromatic carbocycles. The zero-order chi connectivity index (χ0) is 21.1. The lowest BCUT2D eigenvalue weighted by Gasteiger charge is -2.06. The van der Waals surface area contributed by atoms with Crippen molar-refractivity contribution in [2.45, 2.75) is 12.7 Å². The molecule has 0 saturated carbocycles. The highest BCUT2D eigenvalue weighted by Gasteiger charge is 2.22. The van der Waals surface area contributed by atoms with Gasteiger partial charge in [0.15, 0.2) is 5.76 Å². The van der Waals surface area contributed by atoms with Gasteiger partial charge in [0.25, 0.3) is 5.91 Å². The number of amides is 2. The zero-order valence-electron chi connectivity index (χ0n) is 16.4. The number of hydrogen-bond acceptors (Lipinski definition) is 6. The van der Waals surface area contributed by atoms with Gasteiger partial charge in [-0.25, -0.2) is 4.98 Å². The first kappa shape index (κ1) is 20.2. The number of nitrogens with zero attached hydrogens (tertiary/aromatic N) is 1. The lowest BCUT2D eigenvalue weighted by atomic mass is 10.1. The van der Waals surface area contributed by atoms with E-state index in [2.05, 4.69) is 15.8 Å². The Balaban J connectivity index is 1.51. The molecular weight excluding hydrogens is 418 g/mol. The van der Waals surface area contributed by atoms with Crippen LogP contribution in [0.5, 0.6) is 0 Å². The Bertz CT molecular complexity index is 1220. The third-order valence-corrected chi connectivity index (χ3v) is 6.29. The molecule has 0 saturated heterocycles. The number of para-hydroxylation sites is 1. The molecule has 0 spiro atoms. The van der Waals surface area contributed by atoms with Crippen molar-refractivity contribution < 1.29 is 14.0 Å². The van der Waals surface area contributed by atoms with Crippen LogP contribution in [0.4, 0.5) is 0 Å². The fourth-order valence-corrected chi connectivity index (χ4v) is 4.65. The van der Waals surface area contributed by atoms with Crippen molar-refractivity contribution >= 4 is 45.9 Å². The molecule has 0 aliphatic carbocycles. The SMILES string of the molecule is CSCc1c(C(=O)NNC(=O)c2sc(-c3ccccc3)nc2C)oc2ccccc12. The molecular formula is C22H19N3O3S2. The number of furan rings is 1. The first-order valence-corrected chi connectivity index (χ1v) is 11.4. The Labute approximate surface area is 181 Å². The standard InChI is InChI=1S/C22H19N3O3S2/c1-13-19(30-22(23-13)14-8-4-3-5-9-14)21(27)25-24-20(26)18-16(12-29-2)15-10-6-7-11-17(15)28-18/h3-11H,12H2,1-2H3,(H,24,26)(H,25,27). The number of carbonyl (C=O) groups is 2. The lowest BCUT2D eigenvalue weighted by Crippen LogP contribution is -2.41. The van der Waals surface area contributed by atoms with E-state index in [1.807, 2.05) is 60.9 Å². The molecule has 2 amide bonds. The summed E-state index contributed by atoms with van der Waals surface area (Å²) in [6.07, 6.45) is 1.96. The molecule has 4 rings (SSSR count). The number of hydrazine groups is 1. The molecule has 0 radical (unpaired) electrons. The Morgan fingerprint density at radius 3 is 2.50 bits per heavy atom. The number of thiazole rings is 1. The molecule has 0 unspecified atom stereocenters. The van der Waals surface area contributed by atoms with Crippen LogP contribution in [0.3, 0.4) is 0 Å². The zero-order valence-corrected chi connectivity index (χ0v) is 18.0. The van der Waals surface area contributed by atoms with Gasteiger partial charge < -0.3 is 4.42 Å². The predicted octanol–water partition coefficient (Wildman–Crippen LogP) is 4.80. The molecule has 0 aliphatic rings. The number of carbonyl (C=O) groups excluding carboxylic acids is 2. The Hall–Kier alpha value is -3.10. The lowest BCUT2D eigenvalue weighted by molar-refractivity contribution is 0.0833. The van der Waals surface area contributed by atoms with Gasteiger partial charge in [0, 0.05) is 22.3 Å². The van der Waals surface area contributed by atoms with Gasteiger partial charge >= 0.3 is 5.91 Å². The molecule has 6 nitrogen and oxygen atoms in total. The van der Waals surface area contributed by atoms with E-state index in [9.17, 15) is 9.59 Å². The maximum Gasteiger partial charge on any atom is 0.305 e. The number of rotatable bonds is 5. The van der Waals surface area contributed by atoms with Crippen molar-refractivity contribution in [3.8, 4) is 10.6 Å². The van der Waals surface area contributed by atoms with Crippen molar-refractivity contribution in [3.05, 3.63) is 76.5 Å². The predicted molar refractivity (Wildman–Crippen MR) is 121 cm³/mol. The quantitative estimate of drug-likeness (QED) is 0.438. The Morgan fingerprint density at radius 2 is 1.73 bits per heavy atom. The minimum atomic E-state index is -0.492. The molecule has 30 heavy (non-hydrogen) atoms. The van der Waals surface area contributed by atoms with Gasteiger partial charge in [-0.1, -0.05) is 48.5 Å². The van der Waals surface area contributed by atoms with Gasteiger partial charge in [0.05, 0.1) is 5.69 Å². The van der Waals surface area contributed by atoms with Gasteiger partial charge in [-0.05, 0) is 19.2 Å². The van der Waals surface area contributed by atoms with Crippen molar-refractivity contribution in [1.29, 1.82) is 0 Å². The Morgan fingerprint density at radius 1 is 1.03 bits per heavy atom. The molecule has 4 aromatic rings. The van der Waals surface area contributed by atoms with E-state index in [0.717, 1.165) is 21.5 Å². The molecule has 8 heteroatoms. The van der Waals surface area contributed by atoms with E-state index < -0.39 is 11.8 Å². The summed E-state index contributed by atoms with van der Waals surface area (Å²) in [7, 11) is 0. The molecule has 2 N–H and O–H groups in total. The average molecular weight is 438 g/mol. The number of aryl methyl sites for hydroxylation is 1. The van der Waals surface area contributed by atoms with Crippen LogP contribution in [0.1, 0.15) is 31.5 Å². The average Bonchev–Trinajstić information content (AvgIpc) is 3.34. The third-order valence-electron chi connectivity index (χ3n) is 4.51. The highest BCUT2D eigenvalue weighted by Crippen LogP contribution is 2.29. The number of benzene rings is 2. The fraction of sp³-hybridized carbons (Fsp3) is 0.136. The van der Waals surface area contributed by atoms with E-state index in [1.54, 1.807) is 18.7 Å². The van der Waals surface area contributed by atoms with Crippen molar-refractivity contribution in [3.63, 3.8) is 0 Å². The topological polar surface area (TPSA) is 84.2 Å². The maximum absolute atomic E-state index is 12.7. The first-order valence-electron chi connectivity index (χ1n) is 9.21. The molecule has 0 bridgehead atoms. The van der Waals surface area contributed by atoms with E-state index in [-0.39, 0.29) is 5.76 Å². The summed E-state index contributed by atoms with van der Waals surface area (Å²) in [5.74, 6) is -0.0730. The minimum absolute atomic E-state index is 0.205. The Kier molecular flexibility index (Phi) is 5.87. The summed E-state index contributed by atoms with van der Waals surface area (Å²) < 4.78 is 5.75. The summed E-state index contributed by atoms with van der Waals surface area (Å²) in [5, 5.41) is 1.65. The van der Waals surface area contributed by atoms with Crippen LogP contribution < -0.4 is 10.9 Å². The summed E-state index contributed by atoms with van der Waals surface area (Å²) in [6, 6.07) is 17.2. The molecule has 152 valence electrons. The maximum atomic E-state index is 12.7. The molecule has 0 atom stereocenters. The van der Waals surface area contributed by atoms with Gasteiger partial charge in [-0.2, -0.15) is 11.8 Å². The van der Waals surface area contributed by atoms with E-state index >= 15 is 0 Å². The number of thioether (sulfide) groups is 1. The second kappa shape index (κ2) is 8.73. The monoisotopic (exact) mass is 437 g/mol. The normalized spacial score (nSPS) is 10.9. The van der Waals surface area contributed by atoms with Crippen LogP contribution in [0, 0.1) is 6.92 Å². The van der Waals surface area contributed by atoms with Crippen LogP contribution >= 0.6 is 23.1 Å². The number of fused-ring (bicyclic) bond motifs is 1. The summed E-state index contributed by atoms with van der Waals surface area (Å²) >= 11 is 2.88. The molecule has 0 fully saturated rings. The van der Waals surface area contributed by atoms with Gasteiger partial charge in [-0.3, -0.25) is 20.4 Å². The first-order chi connectivity index (χ1) is 14.6. The van der Waals surface area contributed by atoms with Crippen LogP contribution in [-0.4, -0.2) is 23.1 Å². The number of hydrogen-bond donors (Lipinski definition) is 2. The largest absolute Gasteiger partial charge is 0.451 e. The van der Waals surface area contributed by atoms with Crippen molar-refractivity contribution in [2.24, 2.45) is 0 Å². The molecule has 2 aromatic heterocycles. The van der Waals surface area contributed by atoms with Gasteiger partial charge in [-0.15, -0.1) is 11.3 Å². The highest BCUT2D eigenvalue weighted by atomic mass is 32.2.